The maximum absolute atomic E-state index is 12.7. The maximum atomic E-state index is 12.7. The van der Waals surface area contributed by atoms with E-state index in [1.165, 1.54) is 43.1 Å². The Morgan fingerprint density at radius 1 is 1.12 bits per heavy atom. The molecule has 6 nitrogen and oxygen atoms in total. The van der Waals surface area contributed by atoms with Crippen molar-refractivity contribution in [1.29, 1.82) is 0 Å². The first-order valence-corrected chi connectivity index (χ1v) is 7.17. The molecular formula is C18H18N2O4. The van der Waals surface area contributed by atoms with E-state index in [9.17, 15) is 19.9 Å². The summed E-state index contributed by atoms with van der Waals surface area (Å²) in [6.07, 6.45) is 6.69. The number of aliphatic hydroxyl groups is 1. The standard InChI is InChI=1S/C18H18N2O4/c1-12-6-4-5-11-20(12)18(23)16(13(2)21)14-7-9-15(10-8-14)17(22)19(3)24/h4-11,21,24H,1H2,2-3H3/b16-13+. The lowest BCUT2D eigenvalue weighted by Crippen LogP contribution is -2.26. The molecule has 0 aliphatic carbocycles. The van der Waals surface area contributed by atoms with E-state index in [2.05, 4.69) is 6.58 Å². The highest BCUT2D eigenvalue weighted by Crippen LogP contribution is 2.24. The second-order valence-electron chi connectivity index (χ2n) is 5.23. The summed E-state index contributed by atoms with van der Waals surface area (Å²) in [5.74, 6) is -1.15. The molecule has 0 fully saturated rings. The first-order chi connectivity index (χ1) is 11.3. The lowest BCUT2D eigenvalue weighted by Gasteiger charge is -2.22. The maximum Gasteiger partial charge on any atom is 0.276 e. The third-order valence-electron chi connectivity index (χ3n) is 3.45. The van der Waals surface area contributed by atoms with Gasteiger partial charge in [0.15, 0.2) is 0 Å². The Balaban J connectivity index is 2.36. The number of carbonyl (C=O) groups is 2. The van der Waals surface area contributed by atoms with E-state index in [0.717, 1.165) is 0 Å². The van der Waals surface area contributed by atoms with E-state index < -0.39 is 11.8 Å². The third-order valence-corrected chi connectivity index (χ3v) is 3.45. The van der Waals surface area contributed by atoms with E-state index in [1.807, 2.05) is 0 Å². The lowest BCUT2D eigenvalue weighted by molar-refractivity contribution is -0.121. The number of amides is 2. The molecule has 124 valence electrons. The summed E-state index contributed by atoms with van der Waals surface area (Å²) in [6, 6.07) is 6.02. The number of benzene rings is 1. The van der Waals surface area contributed by atoms with E-state index in [-0.39, 0.29) is 16.9 Å². The monoisotopic (exact) mass is 326 g/mol. The first-order valence-electron chi connectivity index (χ1n) is 7.17. The Morgan fingerprint density at radius 2 is 1.71 bits per heavy atom. The Hall–Kier alpha value is -3.12. The van der Waals surface area contributed by atoms with E-state index >= 15 is 0 Å². The molecule has 24 heavy (non-hydrogen) atoms. The average molecular weight is 326 g/mol. The topological polar surface area (TPSA) is 81.1 Å². The van der Waals surface area contributed by atoms with Crippen LogP contribution in [0.25, 0.3) is 5.57 Å². The Bertz CT molecular complexity index is 767. The van der Waals surface area contributed by atoms with Crippen LogP contribution >= 0.6 is 0 Å². The molecule has 0 spiro atoms. The molecule has 1 aliphatic rings. The molecule has 1 heterocycles. The molecule has 0 bridgehead atoms. The van der Waals surface area contributed by atoms with Gasteiger partial charge < -0.3 is 5.11 Å². The Kier molecular flexibility index (Phi) is 5.01. The van der Waals surface area contributed by atoms with Crippen molar-refractivity contribution in [3.05, 3.63) is 77.9 Å². The molecular weight excluding hydrogens is 308 g/mol. The number of hydrogen-bond acceptors (Lipinski definition) is 4. The van der Waals surface area contributed by atoms with Crippen LogP contribution in [0, 0.1) is 0 Å². The van der Waals surface area contributed by atoms with Gasteiger partial charge in [-0.1, -0.05) is 24.8 Å². The minimum Gasteiger partial charge on any atom is -0.512 e. The van der Waals surface area contributed by atoms with Gasteiger partial charge in [-0.05, 0) is 36.8 Å². The van der Waals surface area contributed by atoms with Crippen LogP contribution in [0.2, 0.25) is 0 Å². The molecule has 0 radical (unpaired) electrons. The van der Waals surface area contributed by atoms with Crippen LogP contribution in [0.3, 0.4) is 0 Å². The molecule has 0 atom stereocenters. The number of nitrogens with zero attached hydrogens (tertiary/aromatic N) is 2. The first kappa shape index (κ1) is 17.2. The van der Waals surface area contributed by atoms with Gasteiger partial charge in [-0.3, -0.25) is 19.7 Å². The second kappa shape index (κ2) is 6.97. The summed E-state index contributed by atoms with van der Waals surface area (Å²) in [7, 11) is 1.23. The van der Waals surface area contributed by atoms with Crippen molar-refractivity contribution in [2.75, 3.05) is 7.05 Å². The number of aliphatic hydroxyl groups excluding tert-OH is 1. The summed E-state index contributed by atoms with van der Waals surface area (Å²) in [6.45, 7) is 5.21. The van der Waals surface area contributed by atoms with Gasteiger partial charge in [0, 0.05) is 24.5 Å². The van der Waals surface area contributed by atoms with E-state index in [1.54, 1.807) is 24.4 Å². The van der Waals surface area contributed by atoms with Crippen LogP contribution in [-0.4, -0.2) is 39.1 Å². The van der Waals surface area contributed by atoms with Crippen LogP contribution in [0.4, 0.5) is 0 Å². The smallest absolute Gasteiger partial charge is 0.276 e. The predicted octanol–water partition coefficient (Wildman–Crippen LogP) is 2.86. The summed E-state index contributed by atoms with van der Waals surface area (Å²) in [5, 5.41) is 19.6. The fourth-order valence-electron chi connectivity index (χ4n) is 2.25. The van der Waals surface area contributed by atoms with Crippen molar-refractivity contribution in [3.8, 4) is 0 Å². The van der Waals surface area contributed by atoms with Crippen molar-refractivity contribution < 1.29 is 19.9 Å². The zero-order valence-corrected chi connectivity index (χ0v) is 13.4. The van der Waals surface area contributed by atoms with Gasteiger partial charge in [-0.25, -0.2) is 5.06 Å². The second-order valence-corrected chi connectivity index (χ2v) is 5.23. The van der Waals surface area contributed by atoms with E-state index in [4.69, 9.17) is 0 Å². The average Bonchev–Trinajstić information content (AvgIpc) is 2.55. The minimum atomic E-state index is -0.573. The SMILES string of the molecule is C=C1C=CC=CN1C(=O)/C(=C(\C)O)c1ccc(C(=O)N(C)O)cc1. The molecule has 1 aliphatic heterocycles. The van der Waals surface area contributed by atoms with Crippen LogP contribution in [0.1, 0.15) is 22.8 Å². The molecule has 0 saturated heterocycles. The molecule has 0 aromatic heterocycles. The summed E-state index contributed by atoms with van der Waals surface area (Å²) in [5.41, 5.74) is 1.30. The fourth-order valence-corrected chi connectivity index (χ4v) is 2.25. The van der Waals surface area contributed by atoms with Crippen LogP contribution < -0.4 is 0 Å². The van der Waals surface area contributed by atoms with Gasteiger partial charge in [0.2, 0.25) is 0 Å². The molecule has 2 N–H and O–H groups in total. The van der Waals surface area contributed by atoms with Crippen molar-refractivity contribution in [2.24, 2.45) is 0 Å². The Morgan fingerprint density at radius 3 is 2.21 bits per heavy atom. The predicted molar refractivity (Wildman–Crippen MR) is 89.8 cm³/mol. The van der Waals surface area contributed by atoms with Gasteiger partial charge in [0.25, 0.3) is 11.8 Å². The largest absolute Gasteiger partial charge is 0.512 e. The van der Waals surface area contributed by atoms with Gasteiger partial charge >= 0.3 is 0 Å². The zero-order valence-electron chi connectivity index (χ0n) is 13.4. The van der Waals surface area contributed by atoms with Gasteiger partial charge in [-0.2, -0.15) is 0 Å². The number of carbonyl (C=O) groups excluding carboxylic acids is 2. The van der Waals surface area contributed by atoms with Gasteiger partial charge in [0.1, 0.15) is 5.76 Å². The van der Waals surface area contributed by atoms with Crippen molar-refractivity contribution >= 4 is 17.4 Å². The number of allylic oxidation sites excluding steroid dienone is 4. The molecule has 2 amide bonds. The molecule has 2 rings (SSSR count). The van der Waals surface area contributed by atoms with Crippen molar-refractivity contribution in [3.63, 3.8) is 0 Å². The highest BCUT2D eigenvalue weighted by atomic mass is 16.5. The highest BCUT2D eigenvalue weighted by Gasteiger charge is 2.23. The summed E-state index contributed by atoms with van der Waals surface area (Å²) < 4.78 is 0. The molecule has 1 aromatic rings. The molecule has 0 unspecified atom stereocenters. The normalized spacial score (nSPS) is 14.5. The summed E-state index contributed by atoms with van der Waals surface area (Å²) in [4.78, 5) is 25.7. The lowest BCUT2D eigenvalue weighted by atomic mass is 10.0. The minimum absolute atomic E-state index is 0.104. The fraction of sp³-hybridized carbons (Fsp3) is 0.111. The zero-order chi connectivity index (χ0) is 17.9. The summed E-state index contributed by atoms with van der Waals surface area (Å²) >= 11 is 0. The van der Waals surface area contributed by atoms with Crippen molar-refractivity contribution in [1.82, 2.24) is 9.96 Å². The van der Waals surface area contributed by atoms with Gasteiger partial charge in [-0.15, -0.1) is 0 Å². The Labute approximate surface area is 139 Å². The number of hydrogen-bond donors (Lipinski definition) is 2. The molecule has 1 aromatic carbocycles. The third kappa shape index (κ3) is 3.44. The molecule has 6 heteroatoms. The number of rotatable bonds is 3. The van der Waals surface area contributed by atoms with Crippen LogP contribution in [0.5, 0.6) is 0 Å². The van der Waals surface area contributed by atoms with Crippen LogP contribution in [0.15, 0.2) is 66.7 Å². The van der Waals surface area contributed by atoms with Crippen LogP contribution in [-0.2, 0) is 4.79 Å². The van der Waals surface area contributed by atoms with E-state index in [0.29, 0.717) is 16.3 Å². The quantitative estimate of drug-likeness (QED) is 0.387. The molecule has 0 saturated carbocycles. The number of hydroxylamine groups is 2. The highest BCUT2D eigenvalue weighted by molar-refractivity contribution is 6.21. The van der Waals surface area contributed by atoms with Crippen molar-refractivity contribution in [2.45, 2.75) is 6.92 Å². The van der Waals surface area contributed by atoms with Gasteiger partial charge in [0.05, 0.1) is 5.57 Å².